The Balaban J connectivity index is 1.81. The highest BCUT2D eigenvalue weighted by atomic mass is 16.5. The molecule has 1 aliphatic heterocycles. The van der Waals surface area contributed by atoms with Gasteiger partial charge in [0.05, 0.1) is 12.5 Å². The molecule has 27 heavy (non-hydrogen) atoms. The van der Waals surface area contributed by atoms with E-state index in [1.165, 1.54) is 0 Å². The Hall–Kier alpha value is -2.89. The first kappa shape index (κ1) is 18.9. The topological polar surface area (TPSA) is 109 Å². The molecule has 0 bridgehead atoms. The number of amides is 1. The Kier molecular flexibility index (Phi) is 5.74. The SMILES string of the molecule is COCCCN1CC(CC#N)(n2cc(C(N)=O)c(Nc3ccccc3)n2)C1. The fourth-order valence-electron chi connectivity index (χ4n) is 3.41. The number of anilines is 2. The van der Waals surface area contributed by atoms with Gasteiger partial charge in [-0.05, 0) is 18.6 Å². The van der Waals surface area contributed by atoms with Crippen molar-refractivity contribution in [3.8, 4) is 6.07 Å². The number of methoxy groups -OCH3 is 1. The molecule has 0 unspecified atom stereocenters. The number of para-hydroxylation sites is 1. The lowest BCUT2D eigenvalue weighted by molar-refractivity contribution is 0.000711. The van der Waals surface area contributed by atoms with Crippen LogP contribution in [0.1, 0.15) is 23.2 Å². The molecule has 1 saturated heterocycles. The number of aromatic nitrogens is 2. The normalized spacial score (nSPS) is 15.7. The van der Waals surface area contributed by atoms with Crippen molar-refractivity contribution in [1.82, 2.24) is 14.7 Å². The van der Waals surface area contributed by atoms with Crippen LogP contribution in [0.15, 0.2) is 36.5 Å². The molecule has 3 N–H and O–H groups in total. The Morgan fingerprint density at radius 2 is 2.15 bits per heavy atom. The predicted molar refractivity (Wildman–Crippen MR) is 102 cm³/mol. The maximum absolute atomic E-state index is 11.9. The molecule has 1 amide bonds. The van der Waals surface area contributed by atoms with Crippen LogP contribution in [0.25, 0.3) is 0 Å². The summed E-state index contributed by atoms with van der Waals surface area (Å²) < 4.78 is 6.82. The van der Waals surface area contributed by atoms with Gasteiger partial charge >= 0.3 is 0 Å². The highest BCUT2D eigenvalue weighted by molar-refractivity contribution is 5.98. The molecule has 1 aliphatic rings. The highest BCUT2D eigenvalue weighted by Crippen LogP contribution is 2.34. The first-order valence-electron chi connectivity index (χ1n) is 8.88. The third-order valence-electron chi connectivity index (χ3n) is 4.77. The van der Waals surface area contributed by atoms with Gasteiger partial charge < -0.3 is 15.8 Å². The molecule has 0 spiro atoms. The van der Waals surface area contributed by atoms with Crippen molar-refractivity contribution in [2.24, 2.45) is 5.73 Å². The molecule has 8 heteroatoms. The molecule has 1 fully saturated rings. The molecule has 0 radical (unpaired) electrons. The minimum Gasteiger partial charge on any atom is -0.385 e. The number of likely N-dealkylation sites (tertiary alicyclic amines) is 1. The fraction of sp³-hybridized carbons (Fsp3) is 0.421. The molecule has 0 atom stereocenters. The van der Waals surface area contributed by atoms with E-state index < -0.39 is 11.4 Å². The van der Waals surface area contributed by atoms with Crippen molar-refractivity contribution in [1.29, 1.82) is 5.26 Å². The molecule has 0 aliphatic carbocycles. The number of hydrogen-bond acceptors (Lipinski definition) is 6. The summed E-state index contributed by atoms with van der Waals surface area (Å²) in [4.78, 5) is 14.2. The number of nitriles is 1. The predicted octanol–water partition coefficient (Wildman–Crippen LogP) is 1.69. The number of benzene rings is 1. The summed E-state index contributed by atoms with van der Waals surface area (Å²) in [5.41, 5.74) is 6.23. The molecule has 2 heterocycles. The van der Waals surface area contributed by atoms with Gasteiger partial charge in [-0.2, -0.15) is 10.4 Å². The zero-order valence-corrected chi connectivity index (χ0v) is 15.4. The van der Waals surface area contributed by atoms with Gasteiger partial charge in [0, 0.05) is 45.2 Å². The monoisotopic (exact) mass is 368 g/mol. The summed E-state index contributed by atoms with van der Waals surface area (Å²) in [6.07, 6.45) is 2.90. The Bertz CT molecular complexity index is 820. The van der Waals surface area contributed by atoms with Crippen LogP contribution >= 0.6 is 0 Å². The molecule has 142 valence electrons. The van der Waals surface area contributed by atoms with Gasteiger partial charge in [0.1, 0.15) is 11.1 Å². The van der Waals surface area contributed by atoms with E-state index in [2.05, 4.69) is 21.4 Å². The van der Waals surface area contributed by atoms with Crippen molar-refractivity contribution in [3.05, 3.63) is 42.1 Å². The summed E-state index contributed by atoms with van der Waals surface area (Å²) >= 11 is 0. The van der Waals surface area contributed by atoms with Crippen LogP contribution in [0, 0.1) is 11.3 Å². The van der Waals surface area contributed by atoms with E-state index in [0.717, 1.165) is 18.7 Å². The summed E-state index contributed by atoms with van der Waals surface area (Å²) in [6, 6.07) is 11.7. The van der Waals surface area contributed by atoms with Gasteiger partial charge in [-0.3, -0.25) is 14.4 Å². The number of carbonyl (C=O) groups excluding carboxylic acids is 1. The van der Waals surface area contributed by atoms with Gasteiger partial charge in [-0.15, -0.1) is 0 Å². The highest BCUT2D eigenvalue weighted by Gasteiger charge is 2.45. The molecule has 0 saturated carbocycles. The first-order valence-corrected chi connectivity index (χ1v) is 8.88. The average Bonchev–Trinajstić information content (AvgIpc) is 3.04. The maximum atomic E-state index is 11.9. The second-order valence-electron chi connectivity index (χ2n) is 6.81. The zero-order chi connectivity index (χ0) is 19.3. The van der Waals surface area contributed by atoms with E-state index >= 15 is 0 Å². The Morgan fingerprint density at radius 1 is 1.41 bits per heavy atom. The summed E-state index contributed by atoms with van der Waals surface area (Å²) in [6.45, 7) is 3.02. The van der Waals surface area contributed by atoms with E-state index in [-0.39, 0.29) is 0 Å². The van der Waals surface area contributed by atoms with E-state index in [1.54, 1.807) is 18.0 Å². The Morgan fingerprint density at radius 3 is 2.78 bits per heavy atom. The molecular formula is C19H24N6O2. The van der Waals surface area contributed by atoms with Crippen LogP contribution in [0.5, 0.6) is 0 Å². The molecule has 8 nitrogen and oxygen atoms in total. The van der Waals surface area contributed by atoms with E-state index in [1.807, 2.05) is 30.3 Å². The summed E-state index contributed by atoms with van der Waals surface area (Å²) in [5, 5.41) is 17.0. The van der Waals surface area contributed by atoms with Crippen LogP contribution < -0.4 is 11.1 Å². The van der Waals surface area contributed by atoms with Crippen molar-refractivity contribution in [2.45, 2.75) is 18.4 Å². The number of nitrogens with zero attached hydrogens (tertiary/aromatic N) is 4. The van der Waals surface area contributed by atoms with Crippen molar-refractivity contribution < 1.29 is 9.53 Å². The number of ether oxygens (including phenoxy) is 1. The number of rotatable bonds is 9. The third kappa shape index (κ3) is 4.10. The van der Waals surface area contributed by atoms with Crippen LogP contribution in [-0.4, -0.2) is 53.9 Å². The lowest BCUT2D eigenvalue weighted by atomic mass is 9.86. The largest absolute Gasteiger partial charge is 0.385 e. The molecule has 1 aromatic heterocycles. The molecule has 3 rings (SSSR count). The van der Waals surface area contributed by atoms with E-state index in [4.69, 9.17) is 10.5 Å². The number of carbonyl (C=O) groups is 1. The average molecular weight is 368 g/mol. The number of nitrogens with two attached hydrogens (primary N) is 1. The van der Waals surface area contributed by atoms with Gasteiger partial charge in [-0.25, -0.2) is 0 Å². The molecule has 2 aromatic rings. The van der Waals surface area contributed by atoms with Crippen LogP contribution in [-0.2, 0) is 10.3 Å². The second kappa shape index (κ2) is 8.20. The van der Waals surface area contributed by atoms with Crippen LogP contribution in [0.3, 0.4) is 0 Å². The molecule has 1 aromatic carbocycles. The first-order chi connectivity index (χ1) is 13.1. The van der Waals surface area contributed by atoms with Crippen molar-refractivity contribution >= 4 is 17.4 Å². The smallest absolute Gasteiger partial charge is 0.254 e. The summed E-state index contributed by atoms with van der Waals surface area (Å²) in [5.74, 6) is -0.146. The van der Waals surface area contributed by atoms with E-state index in [9.17, 15) is 10.1 Å². The zero-order valence-electron chi connectivity index (χ0n) is 15.4. The lowest BCUT2D eigenvalue weighted by Gasteiger charge is -2.49. The number of hydrogen-bond donors (Lipinski definition) is 2. The fourth-order valence-corrected chi connectivity index (χ4v) is 3.41. The molecular weight excluding hydrogens is 344 g/mol. The van der Waals surface area contributed by atoms with Crippen molar-refractivity contribution in [3.63, 3.8) is 0 Å². The standard InChI is InChI=1S/C19H24N6O2/c1-27-11-5-10-24-13-19(14-24,8-9-20)25-12-16(17(21)26)18(23-25)22-15-6-3-2-4-7-15/h2-4,6-7,12H,5,8,10-11,13-14H2,1H3,(H2,21,26)(H,22,23). The van der Waals surface area contributed by atoms with Gasteiger partial charge in [-0.1, -0.05) is 18.2 Å². The third-order valence-corrected chi connectivity index (χ3v) is 4.77. The minimum absolute atomic E-state index is 0.314. The Labute approximate surface area is 158 Å². The van der Waals surface area contributed by atoms with Gasteiger partial charge in [0.25, 0.3) is 5.91 Å². The minimum atomic E-state index is -0.553. The quantitative estimate of drug-likeness (QED) is 0.652. The summed E-state index contributed by atoms with van der Waals surface area (Å²) in [7, 11) is 1.69. The lowest BCUT2D eigenvalue weighted by Crippen LogP contribution is -2.62. The van der Waals surface area contributed by atoms with Gasteiger partial charge in [0.15, 0.2) is 5.82 Å². The number of primary amides is 1. The number of nitrogens with one attached hydrogen (secondary N) is 1. The van der Waals surface area contributed by atoms with Crippen molar-refractivity contribution in [2.75, 3.05) is 38.7 Å². The van der Waals surface area contributed by atoms with Crippen LogP contribution in [0.2, 0.25) is 0 Å². The van der Waals surface area contributed by atoms with E-state index in [0.29, 0.717) is 37.5 Å². The van der Waals surface area contributed by atoms with Gasteiger partial charge in [0.2, 0.25) is 0 Å². The second-order valence-corrected chi connectivity index (χ2v) is 6.81. The van der Waals surface area contributed by atoms with Crippen LogP contribution in [0.4, 0.5) is 11.5 Å². The maximum Gasteiger partial charge on any atom is 0.254 e.